The standard InChI is InChI=1S/C21H28N2O3/c1-19-15(22)6-7-21(25)16-10-13-4-5-14(24)18(26-19)17(13)20(19,21)8-9-23(16)11-12-2-3-12/h4-5,12,15-16,24-25H,2-3,6-11,22H2,1H3/t15-,16+,19?,20-,21+/m0/s1. The summed E-state index contributed by atoms with van der Waals surface area (Å²) in [7, 11) is 0. The maximum Gasteiger partial charge on any atom is 0.166 e. The van der Waals surface area contributed by atoms with Crippen molar-refractivity contribution in [3.05, 3.63) is 23.3 Å². The van der Waals surface area contributed by atoms with Gasteiger partial charge >= 0.3 is 0 Å². The summed E-state index contributed by atoms with van der Waals surface area (Å²) < 4.78 is 6.45. The Morgan fingerprint density at radius 3 is 2.85 bits per heavy atom. The fourth-order valence-corrected chi connectivity index (χ4v) is 6.97. The van der Waals surface area contributed by atoms with E-state index in [1.807, 2.05) is 6.07 Å². The van der Waals surface area contributed by atoms with E-state index in [1.165, 1.54) is 18.4 Å². The molecule has 5 aliphatic rings. The summed E-state index contributed by atoms with van der Waals surface area (Å²) in [5, 5.41) is 22.7. The molecule has 5 heteroatoms. The van der Waals surface area contributed by atoms with Crippen molar-refractivity contribution in [2.45, 2.75) is 74.1 Å². The number of nitrogens with two attached hydrogens (primary N) is 1. The lowest BCUT2D eigenvalue weighted by atomic mass is 9.44. The van der Waals surface area contributed by atoms with Gasteiger partial charge < -0.3 is 20.7 Å². The largest absolute Gasteiger partial charge is 0.504 e. The van der Waals surface area contributed by atoms with E-state index < -0.39 is 16.6 Å². The third-order valence-electron chi connectivity index (χ3n) is 8.46. The van der Waals surface area contributed by atoms with Gasteiger partial charge in [0.2, 0.25) is 0 Å². The lowest BCUT2D eigenvalue weighted by Gasteiger charge is -2.67. The van der Waals surface area contributed by atoms with Crippen molar-refractivity contribution in [3.8, 4) is 11.5 Å². The highest BCUT2D eigenvalue weighted by Gasteiger charge is 2.77. The topological polar surface area (TPSA) is 79.0 Å². The first-order chi connectivity index (χ1) is 12.4. The van der Waals surface area contributed by atoms with Crippen LogP contribution in [0.25, 0.3) is 0 Å². The Balaban J connectivity index is 1.60. The minimum atomic E-state index is -0.837. The summed E-state index contributed by atoms with van der Waals surface area (Å²) in [5.41, 5.74) is 6.87. The molecule has 2 bridgehead atoms. The van der Waals surface area contributed by atoms with E-state index in [0.29, 0.717) is 12.2 Å². The summed E-state index contributed by atoms with van der Waals surface area (Å²) in [6.07, 6.45) is 5.81. The third kappa shape index (κ3) is 1.53. The Bertz CT molecular complexity index is 809. The van der Waals surface area contributed by atoms with Crippen LogP contribution in [0, 0.1) is 5.92 Å². The molecule has 1 aromatic carbocycles. The monoisotopic (exact) mass is 356 g/mol. The Morgan fingerprint density at radius 1 is 1.27 bits per heavy atom. The van der Waals surface area contributed by atoms with Crippen molar-refractivity contribution in [2.75, 3.05) is 13.1 Å². The molecule has 0 amide bonds. The molecule has 1 unspecified atom stereocenters. The van der Waals surface area contributed by atoms with Crippen LogP contribution >= 0.6 is 0 Å². The van der Waals surface area contributed by atoms with Gasteiger partial charge in [-0.25, -0.2) is 0 Å². The number of hydrogen-bond donors (Lipinski definition) is 3. The molecule has 0 aromatic heterocycles. The number of nitrogens with zero attached hydrogens (tertiary/aromatic N) is 1. The van der Waals surface area contributed by atoms with Crippen LogP contribution in [0.5, 0.6) is 11.5 Å². The zero-order valence-electron chi connectivity index (χ0n) is 15.4. The van der Waals surface area contributed by atoms with E-state index >= 15 is 0 Å². The van der Waals surface area contributed by atoms with E-state index in [9.17, 15) is 10.2 Å². The number of aromatic hydroxyl groups is 1. The molecule has 4 N–H and O–H groups in total. The van der Waals surface area contributed by atoms with E-state index in [1.54, 1.807) is 6.07 Å². The van der Waals surface area contributed by atoms with Gasteiger partial charge in [-0.3, -0.25) is 4.90 Å². The van der Waals surface area contributed by atoms with Crippen molar-refractivity contribution in [3.63, 3.8) is 0 Å². The van der Waals surface area contributed by atoms with Crippen LogP contribution in [-0.4, -0.2) is 51.5 Å². The van der Waals surface area contributed by atoms with Crippen LogP contribution in [0.3, 0.4) is 0 Å². The van der Waals surface area contributed by atoms with Crippen molar-refractivity contribution >= 4 is 0 Å². The van der Waals surface area contributed by atoms with Gasteiger partial charge in [-0.2, -0.15) is 0 Å². The molecule has 2 saturated carbocycles. The van der Waals surface area contributed by atoms with Gasteiger partial charge in [-0.1, -0.05) is 6.07 Å². The molecule has 3 fully saturated rings. The number of benzene rings is 1. The van der Waals surface area contributed by atoms with Gasteiger partial charge in [0.15, 0.2) is 11.5 Å². The van der Waals surface area contributed by atoms with Crippen LogP contribution in [0.15, 0.2) is 12.1 Å². The number of ether oxygens (including phenoxy) is 1. The summed E-state index contributed by atoms with van der Waals surface area (Å²) in [6, 6.07) is 3.77. The molecule has 3 aliphatic carbocycles. The van der Waals surface area contributed by atoms with Crippen molar-refractivity contribution in [2.24, 2.45) is 11.7 Å². The lowest BCUT2D eigenvalue weighted by molar-refractivity contribution is -0.216. The van der Waals surface area contributed by atoms with Crippen molar-refractivity contribution in [1.82, 2.24) is 4.90 Å². The average molecular weight is 356 g/mol. The van der Waals surface area contributed by atoms with Crippen LogP contribution in [0.1, 0.15) is 50.2 Å². The lowest BCUT2D eigenvalue weighted by Crippen LogP contribution is -2.81. The second-order valence-electron chi connectivity index (χ2n) is 9.54. The predicted molar refractivity (Wildman–Crippen MR) is 97.4 cm³/mol. The van der Waals surface area contributed by atoms with Gasteiger partial charge in [0.05, 0.1) is 11.0 Å². The minimum absolute atomic E-state index is 0.121. The highest BCUT2D eigenvalue weighted by atomic mass is 16.5. The number of piperidine rings is 1. The molecule has 1 spiro atoms. The highest BCUT2D eigenvalue weighted by molar-refractivity contribution is 5.64. The first-order valence-corrected chi connectivity index (χ1v) is 10.2. The Kier molecular flexibility index (Phi) is 2.76. The van der Waals surface area contributed by atoms with Gasteiger partial charge in [0.1, 0.15) is 5.60 Å². The maximum absolute atomic E-state index is 12.2. The molecule has 5 nitrogen and oxygen atoms in total. The average Bonchev–Trinajstić information content (AvgIpc) is 3.36. The molecular formula is C21H28N2O3. The summed E-state index contributed by atoms with van der Waals surface area (Å²) in [6.45, 7) is 4.15. The molecule has 2 aliphatic heterocycles. The molecule has 5 atom stereocenters. The first-order valence-electron chi connectivity index (χ1n) is 10.2. The van der Waals surface area contributed by atoms with Crippen LogP contribution in [0.4, 0.5) is 0 Å². The second kappa shape index (κ2) is 4.57. The molecule has 26 heavy (non-hydrogen) atoms. The van der Waals surface area contributed by atoms with Gasteiger partial charge in [0.25, 0.3) is 0 Å². The number of aliphatic hydroxyl groups is 1. The summed E-state index contributed by atoms with van der Waals surface area (Å²) in [5.74, 6) is 1.57. The Labute approximate surface area is 154 Å². The molecule has 0 radical (unpaired) electrons. The van der Waals surface area contributed by atoms with E-state index in [2.05, 4.69) is 11.8 Å². The molecule has 2 heterocycles. The molecule has 1 saturated heterocycles. The van der Waals surface area contributed by atoms with Gasteiger partial charge in [0, 0.05) is 24.2 Å². The highest BCUT2D eigenvalue weighted by Crippen LogP contribution is 2.69. The number of likely N-dealkylation sites (tertiary alicyclic amines) is 1. The summed E-state index contributed by atoms with van der Waals surface area (Å²) >= 11 is 0. The quantitative estimate of drug-likeness (QED) is 0.751. The maximum atomic E-state index is 12.2. The second-order valence-corrected chi connectivity index (χ2v) is 9.54. The SMILES string of the molecule is CC12Oc3c(O)ccc4c3[C@@]13CCN(CC1CC1)[C@H](C4)[C@]3(O)CC[C@@H]2N. The van der Waals surface area contributed by atoms with Gasteiger partial charge in [-0.05, 0) is 69.5 Å². The van der Waals surface area contributed by atoms with Crippen molar-refractivity contribution < 1.29 is 14.9 Å². The van der Waals surface area contributed by atoms with Crippen LogP contribution < -0.4 is 10.5 Å². The number of phenols is 1. The Morgan fingerprint density at radius 2 is 2.08 bits per heavy atom. The minimum Gasteiger partial charge on any atom is -0.504 e. The normalized spacial score (nSPS) is 46.0. The van der Waals surface area contributed by atoms with Crippen LogP contribution in [0.2, 0.25) is 0 Å². The zero-order chi connectivity index (χ0) is 17.9. The van der Waals surface area contributed by atoms with Gasteiger partial charge in [-0.15, -0.1) is 0 Å². The van der Waals surface area contributed by atoms with E-state index in [4.69, 9.17) is 10.5 Å². The first kappa shape index (κ1) is 15.7. The number of hydrogen-bond acceptors (Lipinski definition) is 5. The predicted octanol–water partition coefficient (Wildman–Crippen LogP) is 1.67. The van der Waals surface area contributed by atoms with Crippen LogP contribution in [-0.2, 0) is 11.8 Å². The molecule has 6 rings (SSSR count). The molecule has 1 aromatic rings. The van der Waals surface area contributed by atoms with Crippen molar-refractivity contribution in [1.29, 1.82) is 0 Å². The number of phenolic OH excluding ortho intramolecular Hbond substituents is 1. The smallest absolute Gasteiger partial charge is 0.166 e. The van der Waals surface area contributed by atoms with E-state index in [-0.39, 0.29) is 17.8 Å². The number of rotatable bonds is 2. The van der Waals surface area contributed by atoms with E-state index in [0.717, 1.165) is 43.8 Å². The fourth-order valence-electron chi connectivity index (χ4n) is 6.97. The zero-order valence-corrected chi connectivity index (χ0v) is 15.4. The summed E-state index contributed by atoms with van der Waals surface area (Å²) in [4.78, 5) is 2.55. The fraction of sp³-hybridized carbons (Fsp3) is 0.714. The molecule has 140 valence electrons. The molecular weight excluding hydrogens is 328 g/mol. The third-order valence-corrected chi connectivity index (χ3v) is 8.46. The Hall–Kier alpha value is -1.30.